The fraction of sp³-hybridized carbons (Fsp3) is 0.846. The van der Waals surface area contributed by atoms with Crippen LogP contribution in [0.25, 0.3) is 0 Å². The molecule has 2 rings (SSSR count). The molecule has 2 fully saturated rings. The topological polar surface area (TPSA) is 102 Å². The van der Waals surface area contributed by atoms with Gasteiger partial charge in [0.2, 0.25) is 11.8 Å². The third-order valence-corrected chi connectivity index (χ3v) is 4.13. The summed E-state index contributed by atoms with van der Waals surface area (Å²) in [4.78, 5) is 26.9. The van der Waals surface area contributed by atoms with Crippen LogP contribution < -0.4 is 11.5 Å². The summed E-state index contributed by atoms with van der Waals surface area (Å²) in [5.41, 5.74) is 10.7. The molecule has 2 aliphatic rings. The summed E-state index contributed by atoms with van der Waals surface area (Å²) in [6, 6.07) is 0.444. The molecule has 0 bridgehead atoms. The normalized spacial score (nSPS) is 27.1. The van der Waals surface area contributed by atoms with Gasteiger partial charge in [-0.15, -0.1) is 0 Å². The predicted octanol–water partition coefficient (Wildman–Crippen LogP) is -1.63. The molecule has 1 atom stereocenters. The van der Waals surface area contributed by atoms with E-state index in [1.807, 2.05) is 4.90 Å². The second-order valence-electron chi connectivity index (χ2n) is 5.64. The van der Waals surface area contributed by atoms with Crippen LogP contribution in [-0.2, 0) is 14.3 Å². The van der Waals surface area contributed by atoms with E-state index in [0.29, 0.717) is 19.1 Å². The fourth-order valence-electron chi connectivity index (χ4n) is 3.03. The first-order valence-electron chi connectivity index (χ1n) is 7.18. The zero-order valence-electron chi connectivity index (χ0n) is 11.8. The first kappa shape index (κ1) is 15.2. The second kappa shape index (κ2) is 7.01. The van der Waals surface area contributed by atoms with Gasteiger partial charge in [-0.3, -0.25) is 19.4 Å². The van der Waals surface area contributed by atoms with Crippen molar-refractivity contribution in [3.8, 4) is 0 Å². The average molecular weight is 284 g/mol. The van der Waals surface area contributed by atoms with Gasteiger partial charge in [-0.2, -0.15) is 0 Å². The molecule has 0 radical (unpaired) electrons. The lowest BCUT2D eigenvalue weighted by Crippen LogP contribution is -2.44. The molecule has 2 heterocycles. The van der Waals surface area contributed by atoms with Crippen LogP contribution in [0.4, 0.5) is 0 Å². The van der Waals surface area contributed by atoms with Crippen LogP contribution in [0.5, 0.6) is 0 Å². The maximum Gasteiger partial charge on any atom is 0.231 e. The third-order valence-electron chi connectivity index (χ3n) is 4.13. The zero-order valence-corrected chi connectivity index (χ0v) is 11.8. The number of carbonyl (C=O) groups is 2. The number of amides is 2. The maximum atomic E-state index is 11.6. The highest BCUT2D eigenvalue weighted by Crippen LogP contribution is 2.18. The molecular weight excluding hydrogens is 260 g/mol. The fourth-order valence-corrected chi connectivity index (χ4v) is 3.03. The van der Waals surface area contributed by atoms with E-state index in [2.05, 4.69) is 4.90 Å². The molecule has 7 nitrogen and oxygen atoms in total. The van der Waals surface area contributed by atoms with Gasteiger partial charge < -0.3 is 16.2 Å². The minimum absolute atomic E-state index is 0.186. The summed E-state index contributed by atoms with van der Waals surface area (Å²) in [6.45, 7) is 4.48. The molecule has 0 aromatic rings. The minimum atomic E-state index is -0.368. The number of hydrogen-bond acceptors (Lipinski definition) is 5. The molecule has 2 aliphatic heterocycles. The van der Waals surface area contributed by atoms with Crippen LogP contribution in [0, 0.1) is 5.92 Å². The number of nitrogens with two attached hydrogens (primary N) is 2. The summed E-state index contributed by atoms with van der Waals surface area (Å²) >= 11 is 0. The molecule has 7 heteroatoms. The maximum absolute atomic E-state index is 11.6. The Kier molecular flexibility index (Phi) is 5.33. The smallest absolute Gasteiger partial charge is 0.231 e. The number of carbonyl (C=O) groups excluding carboxylic acids is 2. The van der Waals surface area contributed by atoms with Gasteiger partial charge >= 0.3 is 0 Å². The molecule has 0 aliphatic carbocycles. The Morgan fingerprint density at radius 2 is 1.80 bits per heavy atom. The van der Waals surface area contributed by atoms with Crippen LogP contribution in [0.15, 0.2) is 0 Å². The van der Waals surface area contributed by atoms with Gasteiger partial charge in [-0.05, 0) is 12.8 Å². The molecule has 20 heavy (non-hydrogen) atoms. The van der Waals surface area contributed by atoms with E-state index in [1.54, 1.807) is 0 Å². The molecule has 4 N–H and O–H groups in total. The van der Waals surface area contributed by atoms with Crippen molar-refractivity contribution < 1.29 is 14.3 Å². The van der Waals surface area contributed by atoms with E-state index in [4.69, 9.17) is 16.2 Å². The van der Waals surface area contributed by atoms with E-state index < -0.39 is 0 Å². The van der Waals surface area contributed by atoms with Crippen molar-refractivity contribution >= 4 is 11.8 Å². The predicted molar refractivity (Wildman–Crippen MR) is 73.7 cm³/mol. The lowest BCUT2D eigenvalue weighted by Gasteiger charge is -2.34. The summed E-state index contributed by atoms with van der Waals surface area (Å²) in [5, 5.41) is 0. The van der Waals surface area contributed by atoms with Gasteiger partial charge in [0.1, 0.15) is 0 Å². The highest BCUT2D eigenvalue weighted by atomic mass is 16.5. The lowest BCUT2D eigenvalue weighted by atomic mass is 10.0. The van der Waals surface area contributed by atoms with Crippen LogP contribution in [0.2, 0.25) is 0 Å². The van der Waals surface area contributed by atoms with E-state index in [1.165, 1.54) is 0 Å². The van der Waals surface area contributed by atoms with Crippen LogP contribution in [0.3, 0.4) is 0 Å². The van der Waals surface area contributed by atoms with Crippen molar-refractivity contribution in [2.75, 3.05) is 45.9 Å². The van der Waals surface area contributed by atoms with E-state index >= 15 is 0 Å². The quantitative estimate of drug-likeness (QED) is 0.645. The largest absolute Gasteiger partial charge is 0.381 e. The van der Waals surface area contributed by atoms with Crippen molar-refractivity contribution in [2.24, 2.45) is 17.4 Å². The first-order valence-corrected chi connectivity index (χ1v) is 7.18. The molecule has 2 amide bonds. The molecule has 0 aromatic heterocycles. The Labute approximate surface area is 119 Å². The van der Waals surface area contributed by atoms with Gasteiger partial charge in [0, 0.05) is 45.4 Å². The lowest BCUT2D eigenvalue weighted by molar-refractivity contribution is -0.124. The first-order chi connectivity index (χ1) is 9.56. The Morgan fingerprint density at radius 3 is 2.40 bits per heavy atom. The Morgan fingerprint density at radius 1 is 1.10 bits per heavy atom. The SMILES string of the molecule is NC(=O)CN1CCN(C2CCOCC2)C[C@@H](C(N)=O)C1. The Balaban J connectivity index is 2.00. The number of rotatable bonds is 4. The van der Waals surface area contributed by atoms with Crippen LogP contribution in [-0.4, -0.2) is 73.6 Å². The summed E-state index contributed by atoms with van der Waals surface area (Å²) in [5.74, 6) is -0.925. The zero-order chi connectivity index (χ0) is 14.5. The number of primary amides is 2. The van der Waals surface area contributed by atoms with Gasteiger partial charge in [0.25, 0.3) is 0 Å². The summed E-state index contributed by atoms with van der Waals surface area (Å²) in [6.07, 6.45) is 1.97. The molecular formula is C13H24N4O3. The van der Waals surface area contributed by atoms with Crippen molar-refractivity contribution in [1.29, 1.82) is 0 Å². The molecule has 0 spiro atoms. The standard InChI is InChI=1S/C13H24N4O3/c14-12(18)9-16-3-4-17(8-10(7-16)13(15)19)11-1-5-20-6-2-11/h10-11H,1-9H2,(H2,14,18)(H2,15,19)/t10-/m0/s1. The second-order valence-corrected chi connectivity index (χ2v) is 5.64. The van der Waals surface area contributed by atoms with Crippen molar-refractivity contribution in [3.63, 3.8) is 0 Å². The molecule has 114 valence electrons. The molecule has 0 aromatic carbocycles. The van der Waals surface area contributed by atoms with Gasteiger partial charge in [-0.25, -0.2) is 0 Å². The minimum Gasteiger partial charge on any atom is -0.381 e. The third kappa shape index (κ3) is 4.16. The highest BCUT2D eigenvalue weighted by Gasteiger charge is 2.31. The van der Waals surface area contributed by atoms with Gasteiger partial charge in [0.15, 0.2) is 0 Å². The number of hydrogen-bond donors (Lipinski definition) is 2. The number of ether oxygens (including phenoxy) is 1. The van der Waals surface area contributed by atoms with Crippen molar-refractivity contribution in [2.45, 2.75) is 18.9 Å². The summed E-state index contributed by atoms with van der Waals surface area (Å²) < 4.78 is 5.38. The van der Waals surface area contributed by atoms with Gasteiger partial charge in [0.05, 0.1) is 12.5 Å². The Bertz CT molecular complexity index is 358. The monoisotopic (exact) mass is 284 g/mol. The molecule has 0 saturated carbocycles. The van der Waals surface area contributed by atoms with Gasteiger partial charge in [-0.1, -0.05) is 0 Å². The van der Waals surface area contributed by atoms with Crippen LogP contribution in [0.1, 0.15) is 12.8 Å². The van der Waals surface area contributed by atoms with Crippen molar-refractivity contribution in [1.82, 2.24) is 9.80 Å². The highest BCUT2D eigenvalue weighted by molar-refractivity contribution is 5.78. The van der Waals surface area contributed by atoms with Crippen LogP contribution >= 0.6 is 0 Å². The molecule has 2 saturated heterocycles. The number of nitrogens with zero attached hydrogens (tertiary/aromatic N) is 2. The van der Waals surface area contributed by atoms with E-state index in [-0.39, 0.29) is 24.3 Å². The van der Waals surface area contributed by atoms with E-state index in [9.17, 15) is 9.59 Å². The van der Waals surface area contributed by atoms with Crippen molar-refractivity contribution in [3.05, 3.63) is 0 Å². The Hall–Kier alpha value is -1.18. The van der Waals surface area contributed by atoms with E-state index in [0.717, 1.165) is 39.1 Å². The molecule has 0 unspecified atom stereocenters. The average Bonchev–Trinajstić information content (AvgIpc) is 2.62. The summed E-state index contributed by atoms with van der Waals surface area (Å²) in [7, 11) is 0.